The molecule has 0 radical (unpaired) electrons. The van der Waals surface area contributed by atoms with Gasteiger partial charge in [-0.1, -0.05) is 20.8 Å². The van der Waals surface area contributed by atoms with Gasteiger partial charge in [-0.05, 0) is 19.3 Å². The van der Waals surface area contributed by atoms with Gasteiger partial charge in [0.25, 0.3) is 0 Å². The molecule has 1 unspecified atom stereocenters. The van der Waals surface area contributed by atoms with Gasteiger partial charge in [0.05, 0.1) is 0 Å². The predicted molar refractivity (Wildman–Crippen MR) is 66.9 cm³/mol. The first-order valence-corrected chi connectivity index (χ1v) is 8.40. The first-order chi connectivity index (χ1) is 7.99. The van der Waals surface area contributed by atoms with Crippen molar-refractivity contribution in [2.45, 2.75) is 52.7 Å². The van der Waals surface area contributed by atoms with Crippen molar-refractivity contribution in [3.8, 4) is 0 Å². The van der Waals surface area contributed by atoms with Crippen LogP contribution in [-0.2, 0) is 18.1 Å². The molecule has 0 bridgehead atoms. The van der Waals surface area contributed by atoms with Gasteiger partial charge in [0.1, 0.15) is 6.10 Å². The van der Waals surface area contributed by atoms with E-state index >= 15 is 0 Å². The normalized spacial score (nSPS) is 13.6. The summed E-state index contributed by atoms with van der Waals surface area (Å²) in [7, 11) is -2.82. The molecule has 0 spiro atoms. The number of aliphatic carboxylic acids is 1. The molecule has 1 N–H and O–H groups in total. The Morgan fingerprint density at radius 2 is 1.65 bits per heavy atom. The van der Waals surface area contributed by atoms with Gasteiger partial charge in [0.2, 0.25) is 0 Å². The molecule has 0 aliphatic heterocycles. The van der Waals surface area contributed by atoms with Crippen molar-refractivity contribution >= 4 is 14.8 Å². The molecule has 6 heteroatoms. The molecule has 0 aliphatic carbocycles. The first kappa shape index (κ1) is 16.6. The average molecular weight is 264 g/mol. The van der Waals surface area contributed by atoms with Crippen LogP contribution in [0.1, 0.15) is 40.0 Å². The van der Waals surface area contributed by atoms with Gasteiger partial charge in [-0.3, -0.25) is 0 Å². The molecule has 5 nitrogen and oxygen atoms in total. The van der Waals surface area contributed by atoms with Crippen molar-refractivity contribution in [2.75, 3.05) is 13.2 Å². The average Bonchev–Trinajstić information content (AvgIpc) is 2.31. The molecule has 0 amide bonds. The second-order valence-electron chi connectivity index (χ2n) is 3.91. The van der Waals surface area contributed by atoms with Gasteiger partial charge in [0.15, 0.2) is 0 Å². The van der Waals surface area contributed by atoms with Gasteiger partial charge < -0.3 is 18.4 Å². The number of hydrogen-bond acceptors (Lipinski definition) is 4. The van der Waals surface area contributed by atoms with E-state index in [1.54, 1.807) is 13.5 Å². The minimum absolute atomic E-state index is 0.406. The van der Waals surface area contributed by atoms with E-state index in [1.165, 1.54) is 0 Å². The Balaban J connectivity index is 4.48. The van der Waals surface area contributed by atoms with Gasteiger partial charge in [0, 0.05) is 19.8 Å². The van der Waals surface area contributed by atoms with Gasteiger partial charge in [-0.25, -0.2) is 4.79 Å². The van der Waals surface area contributed by atoms with Crippen LogP contribution in [0, 0.1) is 0 Å². The number of rotatable bonds is 10. The van der Waals surface area contributed by atoms with Gasteiger partial charge in [-0.15, -0.1) is 0 Å². The van der Waals surface area contributed by atoms with E-state index in [-0.39, 0.29) is 0 Å². The van der Waals surface area contributed by atoms with E-state index in [9.17, 15) is 4.79 Å². The molecule has 0 fully saturated rings. The predicted octanol–water partition coefficient (Wildman–Crippen LogP) is 2.29. The largest absolute Gasteiger partial charge is 0.498 e. The molecule has 0 heterocycles. The Bertz CT molecular complexity index is 214. The van der Waals surface area contributed by atoms with Crippen molar-refractivity contribution in [3.05, 3.63) is 0 Å². The minimum Gasteiger partial charge on any atom is -0.479 e. The maximum absolute atomic E-state index is 10.9. The van der Waals surface area contributed by atoms with E-state index in [0.29, 0.717) is 19.6 Å². The van der Waals surface area contributed by atoms with Crippen molar-refractivity contribution in [1.82, 2.24) is 0 Å². The van der Waals surface area contributed by atoms with Gasteiger partial charge >= 0.3 is 14.8 Å². The summed E-state index contributed by atoms with van der Waals surface area (Å²) in [6, 6.07) is 0. The quantitative estimate of drug-likeness (QED) is 0.613. The van der Waals surface area contributed by atoms with E-state index < -0.39 is 20.9 Å². The monoisotopic (exact) mass is 264 g/mol. The van der Waals surface area contributed by atoms with Crippen LogP contribution >= 0.6 is 0 Å². The van der Waals surface area contributed by atoms with Crippen LogP contribution in [0.5, 0.6) is 0 Å². The third-order valence-electron chi connectivity index (χ3n) is 2.14. The summed E-state index contributed by atoms with van der Waals surface area (Å²) < 4.78 is 16.7. The van der Waals surface area contributed by atoms with Crippen LogP contribution in [0.4, 0.5) is 0 Å². The molecule has 0 aromatic rings. The lowest BCUT2D eigenvalue weighted by atomic mass is 10.3. The standard InChI is InChI=1S/C11H24O5Si/c1-5-8-14-17(4,15-9-6-2)16-10(7-3)11(12)13/h10H,5-9H2,1-4H3,(H,12,13). The Hall–Kier alpha value is -0.433. The van der Waals surface area contributed by atoms with Crippen molar-refractivity contribution < 1.29 is 23.2 Å². The lowest BCUT2D eigenvalue weighted by molar-refractivity contribution is -0.148. The maximum atomic E-state index is 10.9. The molecule has 0 aromatic carbocycles. The molecule has 17 heavy (non-hydrogen) atoms. The summed E-state index contributed by atoms with van der Waals surface area (Å²) in [5.74, 6) is -0.966. The maximum Gasteiger partial charge on any atom is 0.498 e. The van der Waals surface area contributed by atoms with Gasteiger partial charge in [-0.2, -0.15) is 0 Å². The number of carbonyl (C=O) groups is 1. The van der Waals surface area contributed by atoms with Crippen LogP contribution in [-0.4, -0.2) is 39.2 Å². The molecule has 1 atom stereocenters. The Labute approximate surface area is 104 Å². The fraction of sp³-hybridized carbons (Fsp3) is 0.909. The topological polar surface area (TPSA) is 65.0 Å². The second-order valence-corrected chi connectivity index (χ2v) is 6.45. The highest BCUT2D eigenvalue weighted by molar-refractivity contribution is 6.59. The zero-order valence-electron chi connectivity index (χ0n) is 11.2. The zero-order chi connectivity index (χ0) is 13.3. The van der Waals surface area contributed by atoms with Crippen LogP contribution < -0.4 is 0 Å². The lowest BCUT2D eigenvalue weighted by Crippen LogP contribution is -2.47. The van der Waals surface area contributed by atoms with E-state index in [4.69, 9.17) is 18.4 Å². The van der Waals surface area contributed by atoms with Crippen LogP contribution in [0.2, 0.25) is 6.55 Å². The first-order valence-electron chi connectivity index (χ1n) is 6.17. The highest BCUT2D eigenvalue weighted by Crippen LogP contribution is 2.15. The summed E-state index contributed by atoms with van der Waals surface area (Å²) >= 11 is 0. The molecule has 0 aliphatic rings. The summed E-state index contributed by atoms with van der Waals surface area (Å²) in [6.45, 7) is 8.56. The van der Waals surface area contributed by atoms with E-state index in [2.05, 4.69) is 0 Å². The minimum atomic E-state index is -2.82. The summed E-state index contributed by atoms with van der Waals surface area (Å²) in [4.78, 5) is 10.9. The van der Waals surface area contributed by atoms with Crippen LogP contribution in [0.25, 0.3) is 0 Å². The summed E-state index contributed by atoms with van der Waals surface area (Å²) in [5, 5.41) is 8.97. The van der Waals surface area contributed by atoms with E-state index in [0.717, 1.165) is 12.8 Å². The molecule has 102 valence electrons. The Kier molecular flexibility index (Phi) is 8.41. The molecular weight excluding hydrogens is 240 g/mol. The molecule has 0 rings (SSSR count). The van der Waals surface area contributed by atoms with Crippen molar-refractivity contribution in [2.24, 2.45) is 0 Å². The Morgan fingerprint density at radius 3 is 1.94 bits per heavy atom. The number of carboxylic acid groups (broad SMARTS) is 1. The Morgan fingerprint density at radius 1 is 1.18 bits per heavy atom. The molecule has 0 saturated heterocycles. The zero-order valence-corrected chi connectivity index (χ0v) is 12.2. The number of carboxylic acids is 1. The third kappa shape index (κ3) is 6.77. The van der Waals surface area contributed by atoms with Crippen molar-refractivity contribution in [1.29, 1.82) is 0 Å². The smallest absolute Gasteiger partial charge is 0.479 e. The van der Waals surface area contributed by atoms with Crippen molar-refractivity contribution in [3.63, 3.8) is 0 Å². The fourth-order valence-electron chi connectivity index (χ4n) is 1.25. The van der Waals surface area contributed by atoms with E-state index in [1.807, 2.05) is 13.8 Å². The van der Waals surface area contributed by atoms with Crippen LogP contribution in [0.3, 0.4) is 0 Å². The molecule has 0 aromatic heterocycles. The van der Waals surface area contributed by atoms with Crippen LogP contribution in [0.15, 0.2) is 0 Å². The highest BCUT2D eigenvalue weighted by Gasteiger charge is 2.39. The lowest BCUT2D eigenvalue weighted by Gasteiger charge is -2.28. The molecular formula is C11H24O5Si. The summed E-state index contributed by atoms with van der Waals surface area (Å²) in [5.41, 5.74) is 0. The third-order valence-corrected chi connectivity index (χ3v) is 4.31. The highest BCUT2D eigenvalue weighted by atomic mass is 28.4. The summed E-state index contributed by atoms with van der Waals surface area (Å²) in [6.07, 6.45) is 1.26. The second kappa shape index (κ2) is 8.63. The SMILES string of the molecule is CCCO[Si](C)(OCCC)OC(CC)C(=O)O. The fourth-order valence-corrected chi connectivity index (χ4v) is 3.40. The number of hydrogen-bond donors (Lipinski definition) is 1. The molecule has 0 saturated carbocycles.